The molecular formula is C17H13F3N4O5. The van der Waals surface area contributed by atoms with Gasteiger partial charge >= 0.3 is 12.2 Å². The maximum atomic E-state index is 13.7. The zero-order chi connectivity index (χ0) is 21.4. The van der Waals surface area contributed by atoms with E-state index in [0.717, 1.165) is 24.3 Å². The van der Waals surface area contributed by atoms with Crippen molar-refractivity contribution in [3.05, 3.63) is 70.0 Å². The Labute approximate surface area is 160 Å². The Balaban J connectivity index is 2.14. The highest BCUT2D eigenvalue weighted by molar-refractivity contribution is 5.99. The Kier molecular flexibility index (Phi) is 4.96. The van der Waals surface area contributed by atoms with Crippen LogP contribution in [0.1, 0.15) is 22.1 Å². The summed E-state index contributed by atoms with van der Waals surface area (Å²) in [5, 5.41) is 24.8. The molecular weight excluding hydrogens is 397 g/mol. The van der Waals surface area contributed by atoms with Crippen molar-refractivity contribution in [2.75, 3.05) is 0 Å². The molecule has 1 aromatic heterocycles. The van der Waals surface area contributed by atoms with Gasteiger partial charge in [0.25, 0.3) is 5.69 Å². The Bertz CT molecular complexity index is 952. The van der Waals surface area contributed by atoms with Crippen LogP contribution < -0.4 is 10.6 Å². The predicted octanol–water partition coefficient (Wildman–Crippen LogP) is 2.09. The fraction of sp³-hybridized carbons (Fsp3) is 0.235. The molecule has 12 heteroatoms. The maximum Gasteiger partial charge on any atom is 0.437 e. The number of carbonyl (C=O) groups excluding carboxylic acids is 2. The zero-order valence-corrected chi connectivity index (χ0v) is 14.4. The molecule has 2 amide bonds. The number of alkyl halides is 3. The zero-order valence-electron chi connectivity index (χ0n) is 14.4. The second kappa shape index (κ2) is 7.13. The van der Waals surface area contributed by atoms with Crippen LogP contribution in [-0.4, -0.2) is 38.7 Å². The molecule has 9 nitrogen and oxygen atoms in total. The predicted molar refractivity (Wildman–Crippen MR) is 90.6 cm³/mol. The van der Waals surface area contributed by atoms with E-state index in [9.17, 15) is 38.0 Å². The first-order valence-electron chi connectivity index (χ1n) is 8.12. The number of hydrogen-bond acceptors (Lipinski definition) is 6. The second-order valence-corrected chi connectivity index (χ2v) is 6.25. The lowest BCUT2D eigenvalue weighted by atomic mass is 9.78. The van der Waals surface area contributed by atoms with Crippen LogP contribution in [0.25, 0.3) is 0 Å². The Morgan fingerprint density at radius 1 is 1.21 bits per heavy atom. The van der Waals surface area contributed by atoms with E-state index in [1.54, 1.807) is 0 Å². The number of aromatic nitrogens is 1. The number of nitrogens with one attached hydrogen (secondary N) is 2. The molecule has 1 aromatic carbocycles. The largest absolute Gasteiger partial charge is 0.437 e. The molecule has 1 saturated heterocycles. The highest BCUT2D eigenvalue weighted by Crippen LogP contribution is 2.43. The Morgan fingerprint density at radius 2 is 1.86 bits per heavy atom. The van der Waals surface area contributed by atoms with Gasteiger partial charge in [-0.2, -0.15) is 13.2 Å². The quantitative estimate of drug-likeness (QED) is 0.401. The average Bonchev–Trinajstić information content (AvgIpc) is 2.67. The van der Waals surface area contributed by atoms with E-state index >= 15 is 0 Å². The smallest absolute Gasteiger partial charge is 0.363 e. The summed E-state index contributed by atoms with van der Waals surface area (Å²) in [6, 6.07) is 5.22. The number of amides is 2. The lowest BCUT2D eigenvalue weighted by molar-refractivity contribution is -0.384. The summed E-state index contributed by atoms with van der Waals surface area (Å²) >= 11 is 0. The molecule has 1 aliphatic heterocycles. The minimum Gasteiger partial charge on any atom is -0.363 e. The van der Waals surface area contributed by atoms with Crippen LogP contribution in [0.15, 0.2) is 48.7 Å². The van der Waals surface area contributed by atoms with Crippen molar-refractivity contribution in [2.24, 2.45) is 5.92 Å². The normalized spacial score (nSPS) is 24.3. The number of pyridine rings is 1. The highest BCUT2D eigenvalue weighted by Gasteiger charge is 2.66. The van der Waals surface area contributed by atoms with E-state index in [1.165, 1.54) is 29.7 Å². The van der Waals surface area contributed by atoms with Crippen LogP contribution in [0.3, 0.4) is 0 Å². The molecule has 2 heterocycles. The molecule has 0 spiro atoms. The number of aliphatic hydroxyl groups is 1. The fourth-order valence-electron chi connectivity index (χ4n) is 3.09. The summed E-state index contributed by atoms with van der Waals surface area (Å²) in [6.45, 7) is 0. The third-order valence-electron chi connectivity index (χ3n) is 4.47. The van der Waals surface area contributed by atoms with Gasteiger partial charge in [0.15, 0.2) is 5.78 Å². The highest BCUT2D eigenvalue weighted by atomic mass is 19.4. The SMILES string of the molecule is O=C1N[C@H](c2ccc([N+](=O)[O-])cc2)[C@H](C(=O)c2ccccn2)[C@@](O)(C(F)(F)F)N1. The van der Waals surface area contributed by atoms with Gasteiger partial charge in [-0.3, -0.25) is 19.9 Å². The fourth-order valence-corrected chi connectivity index (χ4v) is 3.09. The van der Waals surface area contributed by atoms with Crippen molar-refractivity contribution in [1.82, 2.24) is 15.6 Å². The standard InChI is InChI=1S/C17H13F3N4O5/c18-17(19,20)16(27)12(14(25)11-3-1-2-8-21-11)13(22-15(26)23-16)9-4-6-10(7-5-9)24(28)29/h1-8,12-13,27H,(H2,22,23,26)/t12-,13-,16-/m1/s1. The van der Waals surface area contributed by atoms with Gasteiger partial charge in [-0.1, -0.05) is 18.2 Å². The Hall–Kier alpha value is -3.54. The third kappa shape index (κ3) is 3.61. The molecule has 0 saturated carbocycles. The lowest BCUT2D eigenvalue weighted by Gasteiger charge is -2.44. The monoisotopic (exact) mass is 410 g/mol. The first-order chi connectivity index (χ1) is 13.5. The Morgan fingerprint density at radius 3 is 2.38 bits per heavy atom. The number of halogens is 3. The third-order valence-corrected chi connectivity index (χ3v) is 4.47. The lowest BCUT2D eigenvalue weighted by Crippen LogP contribution is -2.72. The van der Waals surface area contributed by atoms with Gasteiger partial charge < -0.3 is 15.7 Å². The van der Waals surface area contributed by atoms with E-state index in [-0.39, 0.29) is 16.9 Å². The van der Waals surface area contributed by atoms with Gasteiger partial charge in [-0.15, -0.1) is 0 Å². The number of Topliss-reactive ketones (excluding diaryl/α,β-unsaturated/α-hetero) is 1. The van der Waals surface area contributed by atoms with Gasteiger partial charge in [0.1, 0.15) is 11.6 Å². The van der Waals surface area contributed by atoms with E-state index in [1.807, 2.05) is 0 Å². The number of nitrogens with zero attached hydrogens (tertiary/aromatic N) is 2. The van der Waals surface area contributed by atoms with Gasteiger partial charge in [0.2, 0.25) is 5.72 Å². The molecule has 1 fully saturated rings. The summed E-state index contributed by atoms with van der Waals surface area (Å²) < 4.78 is 41.2. The van der Waals surface area contributed by atoms with E-state index in [4.69, 9.17) is 0 Å². The van der Waals surface area contributed by atoms with Crippen molar-refractivity contribution >= 4 is 17.5 Å². The van der Waals surface area contributed by atoms with Gasteiger partial charge in [-0.05, 0) is 17.7 Å². The number of hydrogen-bond donors (Lipinski definition) is 3. The van der Waals surface area contributed by atoms with Crippen molar-refractivity contribution < 1.29 is 32.8 Å². The van der Waals surface area contributed by atoms with Crippen molar-refractivity contribution in [3.8, 4) is 0 Å². The van der Waals surface area contributed by atoms with Crippen LogP contribution in [-0.2, 0) is 0 Å². The average molecular weight is 410 g/mol. The number of non-ortho nitro benzene ring substituents is 1. The summed E-state index contributed by atoms with van der Waals surface area (Å²) in [6.07, 6.45) is -4.21. The number of nitro groups is 1. The van der Waals surface area contributed by atoms with Crippen molar-refractivity contribution in [2.45, 2.75) is 17.9 Å². The number of urea groups is 1. The minimum atomic E-state index is -5.40. The number of nitro benzene ring substituents is 1. The molecule has 0 bridgehead atoms. The molecule has 152 valence electrons. The number of benzene rings is 1. The molecule has 3 N–H and O–H groups in total. The topological polar surface area (TPSA) is 134 Å². The van der Waals surface area contributed by atoms with Crippen LogP contribution in [0.2, 0.25) is 0 Å². The number of rotatable bonds is 4. The molecule has 3 rings (SSSR count). The van der Waals surface area contributed by atoms with Crippen LogP contribution >= 0.6 is 0 Å². The first kappa shape index (κ1) is 20.2. The molecule has 0 unspecified atom stereocenters. The van der Waals surface area contributed by atoms with E-state index in [2.05, 4.69) is 10.3 Å². The summed E-state index contributed by atoms with van der Waals surface area (Å²) in [5.74, 6) is -3.43. The molecule has 2 aromatic rings. The summed E-state index contributed by atoms with van der Waals surface area (Å²) in [7, 11) is 0. The molecule has 0 aliphatic carbocycles. The van der Waals surface area contributed by atoms with E-state index in [0.29, 0.717) is 0 Å². The van der Waals surface area contributed by atoms with Crippen molar-refractivity contribution in [1.29, 1.82) is 0 Å². The van der Waals surface area contributed by atoms with E-state index < -0.39 is 40.6 Å². The van der Waals surface area contributed by atoms with Gasteiger partial charge in [0.05, 0.1) is 11.0 Å². The molecule has 1 aliphatic rings. The van der Waals surface area contributed by atoms with Crippen LogP contribution in [0.5, 0.6) is 0 Å². The molecule has 29 heavy (non-hydrogen) atoms. The van der Waals surface area contributed by atoms with Crippen LogP contribution in [0, 0.1) is 16.0 Å². The summed E-state index contributed by atoms with van der Waals surface area (Å²) in [5.41, 5.74) is -4.63. The number of carbonyl (C=O) groups is 2. The van der Waals surface area contributed by atoms with Gasteiger partial charge in [-0.25, -0.2) is 4.79 Å². The van der Waals surface area contributed by atoms with Gasteiger partial charge in [0, 0.05) is 18.3 Å². The second-order valence-electron chi connectivity index (χ2n) is 6.25. The number of ketones is 1. The van der Waals surface area contributed by atoms with Crippen molar-refractivity contribution in [3.63, 3.8) is 0 Å². The van der Waals surface area contributed by atoms with Crippen LogP contribution in [0.4, 0.5) is 23.7 Å². The molecule has 0 radical (unpaired) electrons. The maximum absolute atomic E-state index is 13.7. The summed E-state index contributed by atoms with van der Waals surface area (Å²) in [4.78, 5) is 38.6. The first-order valence-corrected chi connectivity index (χ1v) is 8.12. The minimum absolute atomic E-state index is 0.0394. The molecule has 3 atom stereocenters.